The molecule has 2 aliphatic heterocycles. The molecule has 0 bridgehead atoms. The number of hydrogen-bond acceptors (Lipinski definition) is 3. The highest BCUT2D eigenvalue weighted by Crippen LogP contribution is 2.32. The quantitative estimate of drug-likeness (QED) is 0.727. The third-order valence-corrected chi connectivity index (χ3v) is 4.30. The molecule has 0 aromatic carbocycles. The molecule has 0 spiro atoms. The van der Waals surface area contributed by atoms with Crippen LogP contribution in [-0.2, 0) is 9.47 Å². The van der Waals surface area contributed by atoms with E-state index in [0.717, 1.165) is 32.3 Å². The van der Waals surface area contributed by atoms with Gasteiger partial charge in [0.1, 0.15) is 0 Å². The van der Waals surface area contributed by atoms with E-state index in [1.165, 1.54) is 38.9 Å². The molecule has 2 rings (SSSR count). The van der Waals surface area contributed by atoms with Crippen LogP contribution in [0.2, 0.25) is 0 Å². The van der Waals surface area contributed by atoms with Crippen molar-refractivity contribution in [1.82, 2.24) is 4.90 Å². The number of nitrogens with zero attached hydrogens (tertiary/aromatic N) is 1. The molecule has 0 radical (unpaired) electrons. The molecule has 2 unspecified atom stereocenters. The first-order valence-corrected chi connectivity index (χ1v) is 7.82. The van der Waals surface area contributed by atoms with E-state index in [-0.39, 0.29) is 5.79 Å². The van der Waals surface area contributed by atoms with Gasteiger partial charge in [0.2, 0.25) is 0 Å². The van der Waals surface area contributed by atoms with Crippen LogP contribution in [0.1, 0.15) is 58.8 Å². The van der Waals surface area contributed by atoms with Crippen LogP contribution in [0.4, 0.5) is 0 Å². The van der Waals surface area contributed by atoms with Crippen LogP contribution in [0.5, 0.6) is 0 Å². The Morgan fingerprint density at radius 2 is 1.94 bits per heavy atom. The zero-order valence-electron chi connectivity index (χ0n) is 12.1. The maximum atomic E-state index is 6.18. The molecule has 2 aliphatic rings. The van der Waals surface area contributed by atoms with Gasteiger partial charge in [0.05, 0.1) is 12.7 Å². The monoisotopic (exact) mass is 255 g/mol. The highest BCUT2D eigenvalue weighted by atomic mass is 16.7. The molecule has 2 atom stereocenters. The molecule has 2 heterocycles. The number of likely N-dealkylation sites (tertiary alicyclic amines) is 1. The third-order valence-electron chi connectivity index (χ3n) is 4.30. The van der Waals surface area contributed by atoms with Crippen LogP contribution in [-0.4, -0.2) is 43.0 Å². The molecule has 0 aromatic rings. The number of piperidine rings is 1. The van der Waals surface area contributed by atoms with Crippen molar-refractivity contribution in [3.05, 3.63) is 0 Å². The Morgan fingerprint density at radius 1 is 1.17 bits per heavy atom. The molecule has 0 aromatic heterocycles. The van der Waals surface area contributed by atoms with E-state index in [4.69, 9.17) is 9.47 Å². The van der Waals surface area contributed by atoms with Crippen molar-refractivity contribution in [1.29, 1.82) is 0 Å². The molecular weight excluding hydrogens is 226 g/mol. The van der Waals surface area contributed by atoms with Gasteiger partial charge in [-0.2, -0.15) is 0 Å². The zero-order chi connectivity index (χ0) is 12.8. The lowest BCUT2D eigenvalue weighted by Gasteiger charge is -2.28. The van der Waals surface area contributed by atoms with Gasteiger partial charge in [0.25, 0.3) is 0 Å². The van der Waals surface area contributed by atoms with Gasteiger partial charge in [-0.05, 0) is 38.8 Å². The third kappa shape index (κ3) is 3.69. The lowest BCUT2D eigenvalue weighted by atomic mass is 10.1. The maximum absolute atomic E-state index is 6.18. The van der Waals surface area contributed by atoms with Crippen molar-refractivity contribution in [2.24, 2.45) is 0 Å². The fourth-order valence-electron chi connectivity index (χ4n) is 3.14. The molecule has 2 fully saturated rings. The molecule has 3 heteroatoms. The number of rotatable bonds is 6. The highest BCUT2D eigenvalue weighted by molar-refractivity contribution is 4.79. The Balaban J connectivity index is 1.71. The lowest BCUT2D eigenvalue weighted by Crippen LogP contribution is -2.34. The minimum absolute atomic E-state index is 0.263. The molecule has 0 amide bonds. The first-order chi connectivity index (χ1) is 8.78. The van der Waals surface area contributed by atoms with E-state index in [1.54, 1.807) is 0 Å². The first kappa shape index (κ1) is 14.3. The summed E-state index contributed by atoms with van der Waals surface area (Å²) in [5, 5.41) is 0. The van der Waals surface area contributed by atoms with Crippen molar-refractivity contribution < 1.29 is 9.47 Å². The van der Waals surface area contributed by atoms with Gasteiger partial charge < -0.3 is 14.4 Å². The van der Waals surface area contributed by atoms with Crippen LogP contribution in [0.25, 0.3) is 0 Å². The Bertz CT molecular complexity index is 241. The number of hydrogen-bond donors (Lipinski definition) is 0. The predicted octanol–water partition coefficient (Wildman–Crippen LogP) is 3.18. The van der Waals surface area contributed by atoms with Crippen LogP contribution < -0.4 is 0 Å². The average molecular weight is 255 g/mol. The molecule has 0 N–H and O–H groups in total. The van der Waals surface area contributed by atoms with Gasteiger partial charge in [0.15, 0.2) is 5.79 Å². The fourth-order valence-corrected chi connectivity index (χ4v) is 3.14. The summed E-state index contributed by atoms with van der Waals surface area (Å²) < 4.78 is 12.1. The van der Waals surface area contributed by atoms with E-state index < -0.39 is 0 Å². The van der Waals surface area contributed by atoms with Crippen molar-refractivity contribution in [2.75, 3.05) is 26.2 Å². The topological polar surface area (TPSA) is 21.7 Å². The lowest BCUT2D eigenvalue weighted by molar-refractivity contribution is -0.175. The number of ether oxygens (including phenoxy) is 2. The summed E-state index contributed by atoms with van der Waals surface area (Å²) in [6.07, 6.45) is 8.74. The second-order valence-electron chi connectivity index (χ2n) is 5.76. The van der Waals surface area contributed by atoms with Crippen molar-refractivity contribution in [3.63, 3.8) is 0 Å². The van der Waals surface area contributed by atoms with Crippen LogP contribution in [0.15, 0.2) is 0 Å². The van der Waals surface area contributed by atoms with E-state index in [2.05, 4.69) is 18.7 Å². The van der Waals surface area contributed by atoms with E-state index in [1.807, 2.05) is 0 Å². The molecule has 0 aliphatic carbocycles. The molecule has 3 nitrogen and oxygen atoms in total. The Morgan fingerprint density at radius 3 is 2.61 bits per heavy atom. The average Bonchev–Trinajstić information content (AvgIpc) is 2.82. The summed E-state index contributed by atoms with van der Waals surface area (Å²) in [5.41, 5.74) is 0. The van der Waals surface area contributed by atoms with Crippen molar-refractivity contribution in [2.45, 2.75) is 70.7 Å². The van der Waals surface area contributed by atoms with E-state index in [0.29, 0.717) is 6.10 Å². The summed E-state index contributed by atoms with van der Waals surface area (Å²) in [5.74, 6) is -0.263. The van der Waals surface area contributed by atoms with Gasteiger partial charge in [-0.15, -0.1) is 0 Å². The summed E-state index contributed by atoms with van der Waals surface area (Å²) in [7, 11) is 0. The molecule has 0 saturated carbocycles. The Labute approximate surface area is 112 Å². The van der Waals surface area contributed by atoms with Crippen LogP contribution in [0, 0.1) is 0 Å². The van der Waals surface area contributed by atoms with Gasteiger partial charge in [-0.3, -0.25) is 0 Å². The smallest absolute Gasteiger partial charge is 0.168 e. The van der Waals surface area contributed by atoms with Crippen LogP contribution in [0.3, 0.4) is 0 Å². The second kappa shape index (κ2) is 6.88. The maximum Gasteiger partial charge on any atom is 0.168 e. The van der Waals surface area contributed by atoms with E-state index >= 15 is 0 Å². The van der Waals surface area contributed by atoms with Crippen LogP contribution >= 0.6 is 0 Å². The normalized spacial score (nSPS) is 34.0. The summed E-state index contributed by atoms with van der Waals surface area (Å²) in [4.78, 5) is 2.58. The predicted molar refractivity (Wildman–Crippen MR) is 73.7 cm³/mol. The van der Waals surface area contributed by atoms with Gasteiger partial charge in [-0.1, -0.05) is 26.7 Å². The molecular formula is C15H29NO2. The zero-order valence-corrected chi connectivity index (χ0v) is 12.1. The molecule has 18 heavy (non-hydrogen) atoms. The Hall–Kier alpha value is -0.120. The minimum Gasteiger partial charge on any atom is -0.347 e. The standard InChI is InChI=1S/C15H29NO2/c1-3-9-15(4-2)17-13-14(18-15)8-12-16-10-6-5-7-11-16/h14H,3-13H2,1-2H3. The SMILES string of the molecule is CCCC1(CC)OCC(CCN2CCCCC2)O1. The largest absolute Gasteiger partial charge is 0.347 e. The first-order valence-electron chi connectivity index (χ1n) is 7.82. The van der Waals surface area contributed by atoms with Gasteiger partial charge in [0, 0.05) is 13.0 Å². The minimum atomic E-state index is -0.263. The van der Waals surface area contributed by atoms with Crippen molar-refractivity contribution in [3.8, 4) is 0 Å². The van der Waals surface area contributed by atoms with Gasteiger partial charge >= 0.3 is 0 Å². The second-order valence-corrected chi connectivity index (χ2v) is 5.76. The summed E-state index contributed by atoms with van der Waals surface area (Å²) in [6, 6.07) is 0. The summed E-state index contributed by atoms with van der Waals surface area (Å²) >= 11 is 0. The highest BCUT2D eigenvalue weighted by Gasteiger charge is 2.38. The van der Waals surface area contributed by atoms with E-state index in [9.17, 15) is 0 Å². The molecule has 106 valence electrons. The Kier molecular flexibility index (Phi) is 5.46. The summed E-state index contributed by atoms with van der Waals surface area (Å²) in [6.45, 7) is 8.90. The van der Waals surface area contributed by atoms with Crippen molar-refractivity contribution >= 4 is 0 Å². The fraction of sp³-hybridized carbons (Fsp3) is 1.00. The van der Waals surface area contributed by atoms with Gasteiger partial charge in [-0.25, -0.2) is 0 Å². The molecule has 2 saturated heterocycles.